The first-order chi connectivity index (χ1) is 8.97. The molecule has 0 radical (unpaired) electrons. The average Bonchev–Trinajstić information content (AvgIpc) is 2.36. The van der Waals surface area contributed by atoms with Gasteiger partial charge >= 0.3 is 0 Å². The van der Waals surface area contributed by atoms with Crippen molar-refractivity contribution in [3.63, 3.8) is 0 Å². The molecule has 0 aliphatic rings. The molecule has 0 unspecified atom stereocenters. The molecule has 0 bridgehead atoms. The smallest absolute Gasteiger partial charge is 0.160 e. The number of anilines is 2. The van der Waals surface area contributed by atoms with Crippen LogP contribution in [-0.2, 0) is 0 Å². The molecule has 0 atom stereocenters. The minimum Gasteiger partial charge on any atom is -0.389 e. The number of benzene rings is 2. The summed E-state index contributed by atoms with van der Waals surface area (Å²) >= 11 is 4.73. The van der Waals surface area contributed by atoms with Gasteiger partial charge in [-0.3, -0.25) is 0 Å². The monoisotopic (exact) mass is 282 g/mol. The second-order valence-electron chi connectivity index (χ2n) is 3.81. The van der Waals surface area contributed by atoms with E-state index in [1.165, 1.54) is 24.3 Å². The third-order valence-corrected chi connectivity index (χ3v) is 2.69. The largest absolute Gasteiger partial charge is 0.389 e. The first-order valence-corrected chi connectivity index (χ1v) is 5.69. The van der Waals surface area contributed by atoms with Gasteiger partial charge in [-0.25, -0.2) is 13.2 Å². The molecule has 0 fully saturated rings. The van der Waals surface area contributed by atoms with Crippen molar-refractivity contribution in [2.24, 2.45) is 5.73 Å². The van der Waals surface area contributed by atoms with E-state index in [4.69, 9.17) is 18.0 Å². The van der Waals surface area contributed by atoms with Crippen LogP contribution in [0.2, 0.25) is 0 Å². The number of hydrogen-bond acceptors (Lipinski definition) is 2. The van der Waals surface area contributed by atoms with Crippen LogP contribution in [0.5, 0.6) is 0 Å². The molecule has 2 aromatic carbocycles. The van der Waals surface area contributed by atoms with E-state index in [-0.39, 0.29) is 16.4 Å². The number of thiocarbonyl (C=S) groups is 1. The van der Waals surface area contributed by atoms with Crippen LogP contribution in [0.3, 0.4) is 0 Å². The summed E-state index contributed by atoms with van der Waals surface area (Å²) in [6, 6.07) is 7.33. The predicted molar refractivity (Wildman–Crippen MR) is 71.9 cm³/mol. The highest BCUT2D eigenvalue weighted by atomic mass is 32.1. The molecule has 3 N–H and O–H groups in total. The molecule has 0 aliphatic heterocycles. The molecule has 2 nitrogen and oxygen atoms in total. The first-order valence-electron chi connectivity index (χ1n) is 5.29. The number of rotatable bonds is 3. The van der Waals surface area contributed by atoms with Gasteiger partial charge in [0.05, 0.1) is 5.69 Å². The Hall–Kier alpha value is -2.08. The predicted octanol–water partition coefficient (Wildman–Crippen LogP) is 3.48. The van der Waals surface area contributed by atoms with Gasteiger partial charge in [0, 0.05) is 17.3 Å². The highest BCUT2D eigenvalue weighted by molar-refractivity contribution is 7.80. The van der Waals surface area contributed by atoms with Gasteiger partial charge in [-0.15, -0.1) is 0 Å². The van der Waals surface area contributed by atoms with Crippen LogP contribution in [-0.4, -0.2) is 4.99 Å². The van der Waals surface area contributed by atoms with Gasteiger partial charge in [-0.1, -0.05) is 12.2 Å². The SMILES string of the molecule is NC(=S)c1ccc(Nc2ccc(F)c(F)c2)c(F)c1. The van der Waals surface area contributed by atoms with Crippen LogP contribution in [0.4, 0.5) is 24.5 Å². The fourth-order valence-corrected chi connectivity index (χ4v) is 1.63. The average molecular weight is 282 g/mol. The lowest BCUT2D eigenvalue weighted by molar-refractivity contribution is 0.509. The number of nitrogens with two attached hydrogens (primary N) is 1. The van der Waals surface area contributed by atoms with E-state index in [1.54, 1.807) is 0 Å². The summed E-state index contributed by atoms with van der Waals surface area (Å²) in [6.07, 6.45) is 0. The van der Waals surface area contributed by atoms with Crippen LogP contribution in [0.1, 0.15) is 5.56 Å². The number of nitrogens with one attached hydrogen (secondary N) is 1. The van der Waals surface area contributed by atoms with E-state index < -0.39 is 17.5 Å². The second kappa shape index (κ2) is 5.27. The summed E-state index contributed by atoms with van der Waals surface area (Å²) in [5.41, 5.74) is 6.12. The summed E-state index contributed by atoms with van der Waals surface area (Å²) in [6.45, 7) is 0. The minimum atomic E-state index is -1.01. The molecule has 0 aromatic heterocycles. The van der Waals surface area contributed by atoms with E-state index in [9.17, 15) is 13.2 Å². The lowest BCUT2D eigenvalue weighted by Gasteiger charge is -2.09. The summed E-state index contributed by atoms with van der Waals surface area (Å²) in [4.78, 5) is 0.0817. The van der Waals surface area contributed by atoms with E-state index >= 15 is 0 Å². The van der Waals surface area contributed by atoms with Crippen LogP contribution in [0.15, 0.2) is 36.4 Å². The number of halogens is 3. The zero-order valence-corrected chi connectivity index (χ0v) is 10.4. The van der Waals surface area contributed by atoms with Crippen LogP contribution >= 0.6 is 12.2 Å². The summed E-state index contributed by atoms with van der Waals surface area (Å²) < 4.78 is 39.5. The highest BCUT2D eigenvalue weighted by Crippen LogP contribution is 2.22. The van der Waals surface area contributed by atoms with Crippen LogP contribution in [0, 0.1) is 17.5 Å². The highest BCUT2D eigenvalue weighted by Gasteiger charge is 2.07. The van der Waals surface area contributed by atoms with Crippen molar-refractivity contribution in [2.45, 2.75) is 0 Å². The van der Waals surface area contributed by atoms with Crippen LogP contribution < -0.4 is 11.1 Å². The third-order valence-electron chi connectivity index (χ3n) is 2.45. The maximum atomic E-state index is 13.7. The van der Waals surface area contributed by atoms with Gasteiger partial charge in [-0.05, 0) is 30.3 Å². The summed E-state index contributed by atoms with van der Waals surface area (Å²) in [5, 5.41) is 2.64. The molecular formula is C13H9F3N2S. The van der Waals surface area contributed by atoms with Gasteiger partial charge in [0.25, 0.3) is 0 Å². The molecule has 2 aromatic rings. The second-order valence-corrected chi connectivity index (χ2v) is 4.25. The quantitative estimate of drug-likeness (QED) is 0.846. The molecule has 0 aliphatic carbocycles. The molecule has 6 heteroatoms. The Bertz CT molecular complexity index is 644. The van der Waals surface area contributed by atoms with Crippen molar-refractivity contribution in [3.05, 3.63) is 59.4 Å². The van der Waals surface area contributed by atoms with Crippen molar-refractivity contribution >= 4 is 28.6 Å². The topological polar surface area (TPSA) is 38.0 Å². The fraction of sp³-hybridized carbons (Fsp3) is 0. The molecule has 19 heavy (non-hydrogen) atoms. The van der Waals surface area contributed by atoms with E-state index in [0.717, 1.165) is 12.1 Å². The zero-order chi connectivity index (χ0) is 14.0. The Morgan fingerprint density at radius 2 is 1.68 bits per heavy atom. The molecule has 0 saturated carbocycles. The molecule has 0 heterocycles. The van der Waals surface area contributed by atoms with Crippen molar-refractivity contribution in [2.75, 3.05) is 5.32 Å². The van der Waals surface area contributed by atoms with Gasteiger partial charge in [-0.2, -0.15) is 0 Å². The van der Waals surface area contributed by atoms with Gasteiger partial charge in [0.15, 0.2) is 11.6 Å². The molecular weight excluding hydrogens is 273 g/mol. The first kappa shape index (κ1) is 13.4. The van der Waals surface area contributed by atoms with E-state index in [1.807, 2.05) is 0 Å². The Morgan fingerprint density at radius 3 is 2.26 bits per heavy atom. The van der Waals surface area contributed by atoms with E-state index in [0.29, 0.717) is 5.56 Å². The van der Waals surface area contributed by atoms with Crippen molar-refractivity contribution < 1.29 is 13.2 Å². The molecule has 0 saturated heterocycles. The Labute approximate surface area is 113 Å². The standard InChI is InChI=1S/C13H9F3N2S/c14-9-3-2-8(6-10(9)15)18-12-4-1-7(13(17)19)5-11(12)16/h1-6,18H,(H2,17,19). The van der Waals surface area contributed by atoms with E-state index in [2.05, 4.69) is 5.32 Å². The molecule has 98 valence electrons. The van der Waals surface area contributed by atoms with Gasteiger partial charge < -0.3 is 11.1 Å². The lowest BCUT2D eigenvalue weighted by atomic mass is 10.2. The molecule has 0 amide bonds. The molecule has 2 rings (SSSR count). The Balaban J connectivity index is 2.28. The van der Waals surface area contributed by atoms with Gasteiger partial charge in [0.1, 0.15) is 10.8 Å². The van der Waals surface area contributed by atoms with Gasteiger partial charge in [0.2, 0.25) is 0 Å². The Kier molecular flexibility index (Phi) is 3.71. The summed E-state index contributed by atoms with van der Waals surface area (Å²) in [7, 11) is 0. The Morgan fingerprint density at radius 1 is 0.947 bits per heavy atom. The lowest BCUT2D eigenvalue weighted by Crippen LogP contribution is -2.09. The minimum absolute atomic E-state index is 0.0817. The van der Waals surface area contributed by atoms with Crippen LogP contribution in [0.25, 0.3) is 0 Å². The van der Waals surface area contributed by atoms with Crippen molar-refractivity contribution in [3.8, 4) is 0 Å². The maximum Gasteiger partial charge on any atom is 0.160 e. The normalized spacial score (nSPS) is 10.3. The fourth-order valence-electron chi connectivity index (χ4n) is 1.50. The molecule has 0 spiro atoms. The summed E-state index contributed by atoms with van der Waals surface area (Å²) in [5.74, 6) is -2.56. The van der Waals surface area contributed by atoms with Crippen molar-refractivity contribution in [1.82, 2.24) is 0 Å². The zero-order valence-electron chi connectivity index (χ0n) is 9.58. The third kappa shape index (κ3) is 3.03. The van der Waals surface area contributed by atoms with Crippen molar-refractivity contribution in [1.29, 1.82) is 0 Å². The maximum absolute atomic E-state index is 13.7. The number of hydrogen-bond donors (Lipinski definition) is 2.